The molecule has 116 valence electrons. The second-order valence-corrected chi connectivity index (χ2v) is 4.64. The van der Waals surface area contributed by atoms with Crippen molar-refractivity contribution in [2.45, 2.75) is 6.42 Å². The molecule has 5 heteroatoms. The fourth-order valence-electron chi connectivity index (χ4n) is 2.00. The van der Waals surface area contributed by atoms with Gasteiger partial charge in [0.2, 0.25) is 0 Å². The minimum absolute atomic E-state index is 0.379. The highest BCUT2D eigenvalue weighted by Crippen LogP contribution is 2.29. The number of carbonyl (C=O) groups excluding carboxylic acids is 1. The molecule has 0 aromatic heterocycles. The molecule has 0 saturated heterocycles. The van der Waals surface area contributed by atoms with E-state index in [-0.39, 0.29) is 0 Å². The van der Waals surface area contributed by atoms with E-state index in [4.69, 9.17) is 19.9 Å². The van der Waals surface area contributed by atoms with Crippen LogP contribution in [0.15, 0.2) is 42.5 Å². The topological polar surface area (TPSA) is 70.8 Å². The summed E-state index contributed by atoms with van der Waals surface area (Å²) in [6, 6.07) is 12.1. The van der Waals surface area contributed by atoms with Crippen LogP contribution in [0.1, 0.15) is 15.9 Å². The minimum atomic E-state index is -0.451. The Morgan fingerprint density at radius 3 is 2.32 bits per heavy atom. The highest BCUT2D eigenvalue weighted by Gasteiger charge is 2.13. The lowest BCUT2D eigenvalue weighted by atomic mass is 10.1. The average Bonchev–Trinajstić information content (AvgIpc) is 2.56. The van der Waals surface area contributed by atoms with E-state index in [1.54, 1.807) is 37.4 Å². The summed E-state index contributed by atoms with van der Waals surface area (Å²) >= 11 is 0. The molecular weight excluding hydrogens is 282 g/mol. The van der Waals surface area contributed by atoms with Gasteiger partial charge in [0.1, 0.15) is 5.75 Å². The first-order chi connectivity index (χ1) is 10.7. The molecule has 0 amide bonds. The molecule has 0 spiro atoms. The van der Waals surface area contributed by atoms with E-state index in [0.29, 0.717) is 29.4 Å². The molecule has 0 saturated carbocycles. The molecule has 22 heavy (non-hydrogen) atoms. The van der Waals surface area contributed by atoms with E-state index >= 15 is 0 Å². The average molecular weight is 301 g/mol. The lowest BCUT2D eigenvalue weighted by Gasteiger charge is -2.11. The molecule has 0 unspecified atom stereocenters. The Kier molecular flexibility index (Phi) is 5.38. The van der Waals surface area contributed by atoms with Crippen molar-refractivity contribution in [3.63, 3.8) is 0 Å². The first-order valence-corrected chi connectivity index (χ1v) is 6.91. The number of methoxy groups -OCH3 is 2. The summed E-state index contributed by atoms with van der Waals surface area (Å²) < 4.78 is 15.7. The third kappa shape index (κ3) is 3.77. The van der Waals surface area contributed by atoms with Crippen molar-refractivity contribution >= 4 is 5.97 Å². The van der Waals surface area contributed by atoms with Gasteiger partial charge in [-0.25, -0.2) is 4.79 Å². The van der Waals surface area contributed by atoms with Crippen molar-refractivity contribution in [2.75, 3.05) is 20.8 Å². The molecule has 0 heterocycles. The first-order valence-electron chi connectivity index (χ1n) is 6.91. The summed E-state index contributed by atoms with van der Waals surface area (Å²) in [4.78, 5) is 12.2. The van der Waals surface area contributed by atoms with Crippen LogP contribution in [0, 0.1) is 0 Å². The van der Waals surface area contributed by atoms with E-state index in [1.165, 1.54) is 7.11 Å². The highest BCUT2D eigenvalue weighted by atomic mass is 16.6. The summed E-state index contributed by atoms with van der Waals surface area (Å²) in [5.41, 5.74) is 7.00. The molecule has 0 aliphatic rings. The van der Waals surface area contributed by atoms with Gasteiger partial charge in [0.25, 0.3) is 0 Å². The largest absolute Gasteiger partial charge is 0.497 e. The van der Waals surface area contributed by atoms with E-state index < -0.39 is 5.97 Å². The lowest BCUT2D eigenvalue weighted by molar-refractivity contribution is 0.0729. The zero-order valence-corrected chi connectivity index (χ0v) is 12.7. The van der Waals surface area contributed by atoms with Crippen LogP contribution in [0.3, 0.4) is 0 Å². The quantitative estimate of drug-likeness (QED) is 0.655. The number of benzene rings is 2. The molecule has 0 radical (unpaired) electrons. The van der Waals surface area contributed by atoms with Crippen molar-refractivity contribution in [3.8, 4) is 17.2 Å². The number of hydrogen-bond acceptors (Lipinski definition) is 5. The monoisotopic (exact) mass is 301 g/mol. The van der Waals surface area contributed by atoms with Crippen LogP contribution in [0.2, 0.25) is 0 Å². The van der Waals surface area contributed by atoms with Gasteiger partial charge in [-0.15, -0.1) is 0 Å². The number of esters is 1. The zero-order chi connectivity index (χ0) is 15.9. The van der Waals surface area contributed by atoms with Crippen molar-refractivity contribution in [1.29, 1.82) is 0 Å². The maximum atomic E-state index is 12.2. The van der Waals surface area contributed by atoms with Crippen molar-refractivity contribution in [2.24, 2.45) is 5.73 Å². The summed E-state index contributed by atoms with van der Waals surface area (Å²) in [5, 5.41) is 0. The maximum Gasteiger partial charge on any atom is 0.343 e. The van der Waals surface area contributed by atoms with Crippen LogP contribution in [0.4, 0.5) is 0 Å². The van der Waals surface area contributed by atoms with Crippen LogP contribution in [-0.2, 0) is 6.42 Å². The molecule has 0 aliphatic carbocycles. The predicted molar refractivity (Wildman–Crippen MR) is 83.7 cm³/mol. The summed E-state index contributed by atoms with van der Waals surface area (Å²) in [5.74, 6) is 1.12. The van der Waals surface area contributed by atoms with Crippen LogP contribution < -0.4 is 19.9 Å². The van der Waals surface area contributed by atoms with E-state index in [9.17, 15) is 4.79 Å². The molecule has 2 aromatic carbocycles. The molecule has 5 nitrogen and oxygen atoms in total. The molecule has 2 N–H and O–H groups in total. The molecule has 0 atom stereocenters. The smallest absolute Gasteiger partial charge is 0.343 e. The van der Waals surface area contributed by atoms with Gasteiger partial charge in [-0.05, 0) is 54.9 Å². The maximum absolute atomic E-state index is 12.2. The minimum Gasteiger partial charge on any atom is -0.497 e. The standard InChI is InChI=1S/C17H19NO4/c1-20-14-6-4-13(5-7-14)17(19)22-15-8-3-12(9-10-18)11-16(15)21-2/h3-8,11H,9-10,18H2,1-2H3. The van der Waals surface area contributed by atoms with E-state index in [2.05, 4.69) is 0 Å². The van der Waals surface area contributed by atoms with E-state index in [1.807, 2.05) is 12.1 Å². The van der Waals surface area contributed by atoms with Gasteiger partial charge >= 0.3 is 5.97 Å². The van der Waals surface area contributed by atoms with Crippen LogP contribution in [0.5, 0.6) is 17.2 Å². The SMILES string of the molecule is COc1ccc(C(=O)Oc2ccc(CCN)cc2OC)cc1. The molecule has 0 bridgehead atoms. The van der Waals surface area contributed by atoms with Crippen molar-refractivity contribution in [1.82, 2.24) is 0 Å². The highest BCUT2D eigenvalue weighted by molar-refractivity contribution is 5.91. The first kappa shape index (κ1) is 15.9. The number of ether oxygens (including phenoxy) is 3. The fourth-order valence-corrected chi connectivity index (χ4v) is 2.00. The summed E-state index contributed by atoms with van der Waals surface area (Å²) in [6.45, 7) is 0.550. The Balaban J connectivity index is 2.16. The van der Waals surface area contributed by atoms with Gasteiger partial charge in [0.15, 0.2) is 11.5 Å². The van der Waals surface area contributed by atoms with Crippen LogP contribution in [-0.4, -0.2) is 26.7 Å². The van der Waals surface area contributed by atoms with Gasteiger partial charge in [0, 0.05) is 0 Å². The van der Waals surface area contributed by atoms with Gasteiger partial charge in [-0.2, -0.15) is 0 Å². The number of nitrogens with two attached hydrogens (primary N) is 1. The molecule has 2 aromatic rings. The summed E-state index contributed by atoms with van der Waals surface area (Å²) in [7, 11) is 3.10. The third-order valence-electron chi connectivity index (χ3n) is 3.19. The number of rotatable bonds is 6. The Bertz CT molecular complexity index is 638. The van der Waals surface area contributed by atoms with E-state index in [0.717, 1.165) is 12.0 Å². The number of hydrogen-bond donors (Lipinski definition) is 1. The third-order valence-corrected chi connectivity index (χ3v) is 3.19. The Morgan fingerprint density at radius 1 is 1.00 bits per heavy atom. The Morgan fingerprint density at radius 2 is 1.73 bits per heavy atom. The lowest BCUT2D eigenvalue weighted by Crippen LogP contribution is -2.09. The second-order valence-electron chi connectivity index (χ2n) is 4.64. The Hall–Kier alpha value is -2.53. The Labute approximate surface area is 129 Å². The van der Waals surface area contributed by atoms with Crippen LogP contribution >= 0.6 is 0 Å². The van der Waals surface area contributed by atoms with Gasteiger partial charge in [-0.3, -0.25) is 0 Å². The number of carbonyl (C=O) groups is 1. The van der Waals surface area contributed by atoms with Gasteiger partial charge in [0.05, 0.1) is 19.8 Å². The fraction of sp³-hybridized carbons (Fsp3) is 0.235. The normalized spacial score (nSPS) is 10.1. The zero-order valence-electron chi connectivity index (χ0n) is 12.7. The summed E-state index contributed by atoms with van der Waals surface area (Å²) in [6.07, 6.45) is 0.739. The predicted octanol–water partition coefficient (Wildman–Crippen LogP) is 2.42. The molecule has 0 fully saturated rings. The second kappa shape index (κ2) is 7.47. The van der Waals surface area contributed by atoms with Crippen molar-refractivity contribution < 1.29 is 19.0 Å². The molecule has 0 aliphatic heterocycles. The van der Waals surface area contributed by atoms with Crippen molar-refractivity contribution in [3.05, 3.63) is 53.6 Å². The van der Waals surface area contributed by atoms with Crippen LogP contribution in [0.25, 0.3) is 0 Å². The van der Waals surface area contributed by atoms with Gasteiger partial charge < -0.3 is 19.9 Å². The molecule has 2 rings (SSSR count). The van der Waals surface area contributed by atoms with Gasteiger partial charge in [-0.1, -0.05) is 6.07 Å². The molecular formula is C17H19NO4.